The van der Waals surface area contributed by atoms with Crippen LogP contribution in [0.5, 0.6) is 0 Å². The van der Waals surface area contributed by atoms with Crippen molar-refractivity contribution in [1.29, 1.82) is 0 Å². The van der Waals surface area contributed by atoms with Crippen LogP contribution in [-0.2, 0) is 14.8 Å². The Bertz CT molecular complexity index is 801. The van der Waals surface area contributed by atoms with Gasteiger partial charge in [0.25, 0.3) is 10.0 Å². The smallest absolute Gasteiger partial charge is 0.338 e. The van der Waals surface area contributed by atoms with Crippen molar-refractivity contribution in [2.24, 2.45) is 0 Å². The van der Waals surface area contributed by atoms with Gasteiger partial charge in [-0.1, -0.05) is 22.0 Å². The van der Waals surface area contributed by atoms with Gasteiger partial charge in [0.15, 0.2) is 0 Å². The van der Waals surface area contributed by atoms with Crippen LogP contribution in [0.25, 0.3) is 0 Å². The fourth-order valence-electron chi connectivity index (χ4n) is 1.89. The molecule has 5 nitrogen and oxygen atoms in total. The quantitative estimate of drug-likeness (QED) is 0.821. The van der Waals surface area contributed by atoms with E-state index >= 15 is 0 Å². The lowest BCUT2D eigenvalue weighted by Gasteiger charge is -2.13. The Morgan fingerprint density at radius 2 is 1.77 bits per heavy atom. The highest BCUT2D eigenvalue weighted by Crippen LogP contribution is 2.23. The van der Waals surface area contributed by atoms with Gasteiger partial charge in [0, 0.05) is 4.47 Å². The van der Waals surface area contributed by atoms with E-state index in [4.69, 9.17) is 0 Å². The standard InChI is InChI=1S/C15H14BrNO4S/c1-10-13(15(18)21-2)4-3-5-14(10)17-22(19,20)12-8-6-11(16)7-9-12/h3-9,17H,1-2H3. The van der Waals surface area contributed by atoms with Crippen molar-refractivity contribution in [1.82, 2.24) is 0 Å². The van der Waals surface area contributed by atoms with Crippen molar-refractivity contribution in [3.05, 3.63) is 58.1 Å². The fourth-order valence-corrected chi connectivity index (χ4v) is 3.28. The highest BCUT2D eigenvalue weighted by Gasteiger charge is 2.18. The second-order valence-electron chi connectivity index (χ2n) is 4.53. The molecule has 0 aliphatic heterocycles. The molecule has 2 rings (SSSR count). The molecular weight excluding hydrogens is 370 g/mol. The first-order chi connectivity index (χ1) is 10.3. The summed E-state index contributed by atoms with van der Waals surface area (Å²) >= 11 is 3.26. The van der Waals surface area contributed by atoms with E-state index in [1.807, 2.05) is 0 Å². The zero-order valence-corrected chi connectivity index (χ0v) is 14.4. The number of esters is 1. The number of benzene rings is 2. The first kappa shape index (κ1) is 16.5. The summed E-state index contributed by atoms with van der Waals surface area (Å²) in [5.74, 6) is -0.512. The van der Waals surface area contributed by atoms with Crippen LogP contribution < -0.4 is 4.72 Å². The van der Waals surface area contributed by atoms with Gasteiger partial charge in [0.05, 0.1) is 23.3 Å². The molecule has 0 heterocycles. The van der Waals surface area contributed by atoms with Crippen LogP contribution >= 0.6 is 15.9 Å². The maximum Gasteiger partial charge on any atom is 0.338 e. The van der Waals surface area contributed by atoms with E-state index in [1.54, 1.807) is 37.3 Å². The summed E-state index contributed by atoms with van der Waals surface area (Å²) in [6.45, 7) is 1.66. The number of anilines is 1. The average molecular weight is 384 g/mol. The Balaban J connectivity index is 2.38. The number of carbonyl (C=O) groups excluding carboxylic acids is 1. The molecule has 0 amide bonds. The molecule has 1 N–H and O–H groups in total. The monoisotopic (exact) mass is 383 g/mol. The van der Waals surface area contributed by atoms with Crippen LogP contribution in [0.4, 0.5) is 5.69 Å². The Morgan fingerprint density at radius 1 is 1.14 bits per heavy atom. The minimum atomic E-state index is -3.72. The second kappa shape index (κ2) is 6.50. The van der Waals surface area contributed by atoms with Crippen LogP contribution in [0.1, 0.15) is 15.9 Å². The highest BCUT2D eigenvalue weighted by atomic mass is 79.9. The summed E-state index contributed by atoms with van der Waals surface area (Å²) in [5, 5.41) is 0. The molecule has 0 aliphatic carbocycles. The lowest BCUT2D eigenvalue weighted by atomic mass is 10.1. The lowest BCUT2D eigenvalue weighted by Crippen LogP contribution is -2.15. The lowest BCUT2D eigenvalue weighted by molar-refractivity contribution is 0.0600. The minimum absolute atomic E-state index is 0.138. The van der Waals surface area contributed by atoms with Crippen LogP contribution in [0, 0.1) is 6.92 Å². The Kier molecular flexibility index (Phi) is 4.87. The molecule has 0 unspecified atom stereocenters. The third kappa shape index (κ3) is 3.48. The number of ether oxygens (including phenoxy) is 1. The van der Waals surface area contributed by atoms with E-state index in [-0.39, 0.29) is 4.90 Å². The number of carbonyl (C=O) groups is 1. The molecule has 116 valence electrons. The number of methoxy groups -OCH3 is 1. The molecule has 0 atom stereocenters. The molecule has 0 aromatic heterocycles. The second-order valence-corrected chi connectivity index (χ2v) is 7.13. The zero-order chi connectivity index (χ0) is 16.3. The minimum Gasteiger partial charge on any atom is -0.465 e. The summed E-state index contributed by atoms with van der Waals surface area (Å²) in [6.07, 6.45) is 0. The number of sulfonamides is 1. The summed E-state index contributed by atoms with van der Waals surface area (Å²) in [6, 6.07) is 11.0. The van der Waals surface area contributed by atoms with Gasteiger partial charge < -0.3 is 4.74 Å². The van der Waals surface area contributed by atoms with Crippen molar-refractivity contribution in [2.75, 3.05) is 11.8 Å². The zero-order valence-electron chi connectivity index (χ0n) is 12.0. The molecule has 22 heavy (non-hydrogen) atoms. The molecule has 0 fully saturated rings. The summed E-state index contributed by atoms with van der Waals surface area (Å²) in [5.41, 5.74) is 1.17. The molecule has 2 aromatic rings. The highest BCUT2D eigenvalue weighted by molar-refractivity contribution is 9.10. The molecule has 0 saturated carbocycles. The largest absolute Gasteiger partial charge is 0.465 e. The molecule has 0 saturated heterocycles. The van der Waals surface area contributed by atoms with Crippen molar-refractivity contribution in [3.8, 4) is 0 Å². The molecule has 0 aliphatic rings. The van der Waals surface area contributed by atoms with Crippen molar-refractivity contribution >= 4 is 37.6 Å². The van der Waals surface area contributed by atoms with Crippen LogP contribution in [0.2, 0.25) is 0 Å². The first-order valence-electron chi connectivity index (χ1n) is 6.31. The summed E-state index contributed by atoms with van der Waals surface area (Å²) < 4.78 is 32.7. The van der Waals surface area contributed by atoms with Crippen molar-refractivity contribution < 1.29 is 17.9 Å². The van der Waals surface area contributed by atoms with Crippen molar-refractivity contribution in [2.45, 2.75) is 11.8 Å². The number of halogens is 1. The fraction of sp³-hybridized carbons (Fsp3) is 0.133. The Morgan fingerprint density at radius 3 is 2.36 bits per heavy atom. The molecule has 2 aromatic carbocycles. The van der Waals surface area contributed by atoms with E-state index in [0.717, 1.165) is 4.47 Å². The third-order valence-electron chi connectivity index (χ3n) is 3.11. The van der Waals surface area contributed by atoms with Gasteiger partial charge in [-0.3, -0.25) is 4.72 Å². The summed E-state index contributed by atoms with van der Waals surface area (Å²) in [4.78, 5) is 11.8. The molecule has 0 bridgehead atoms. The van der Waals surface area contributed by atoms with Gasteiger partial charge in [-0.15, -0.1) is 0 Å². The van der Waals surface area contributed by atoms with E-state index < -0.39 is 16.0 Å². The van der Waals surface area contributed by atoms with Crippen molar-refractivity contribution in [3.63, 3.8) is 0 Å². The SMILES string of the molecule is COC(=O)c1cccc(NS(=O)(=O)c2ccc(Br)cc2)c1C. The predicted octanol–water partition coefficient (Wildman–Crippen LogP) is 3.34. The Hall–Kier alpha value is -1.86. The topological polar surface area (TPSA) is 72.5 Å². The Labute approximate surface area is 137 Å². The van der Waals surface area contributed by atoms with E-state index in [2.05, 4.69) is 25.4 Å². The van der Waals surface area contributed by atoms with Gasteiger partial charge in [-0.2, -0.15) is 0 Å². The van der Waals surface area contributed by atoms with E-state index in [0.29, 0.717) is 16.8 Å². The average Bonchev–Trinajstić information content (AvgIpc) is 2.49. The van der Waals surface area contributed by atoms with Gasteiger partial charge in [-0.25, -0.2) is 13.2 Å². The number of rotatable bonds is 4. The number of hydrogen-bond acceptors (Lipinski definition) is 4. The normalized spacial score (nSPS) is 11.0. The van der Waals surface area contributed by atoms with Crippen LogP contribution in [-0.4, -0.2) is 21.5 Å². The number of nitrogens with one attached hydrogen (secondary N) is 1. The summed E-state index contributed by atoms with van der Waals surface area (Å²) in [7, 11) is -2.45. The molecule has 0 spiro atoms. The van der Waals surface area contributed by atoms with E-state index in [1.165, 1.54) is 19.2 Å². The maximum absolute atomic E-state index is 12.4. The molecule has 7 heteroatoms. The third-order valence-corrected chi connectivity index (χ3v) is 5.02. The van der Waals surface area contributed by atoms with Gasteiger partial charge in [0.2, 0.25) is 0 Å². The predicted molar refractivity (Wildman–Crippen MR) is 87.5 cm³/mol. The molecular formula is C15H14BrNO4S. The first-order valence-corrected chi connectivity index (χ1v) is 8.59. The van der Waals surface area contributed by atoms with E-state index in [9.17, 15) is 13.2 Å². The van der Waals surface area contributed by atoms with Gasteiger partial charge in [0.1, 0.15) is 0 Å². The van der Waals surface area contributed by atoms with Gasteiger partial charge in [-0.05, 0) is 48.9 Å². The van der Waals surface area contributed by atoms with Gasteiger partial charge >= 0.3 is 5.97 Å². The molecule has 0 radical (unpaired) electrons. The van der Waals surface area contributed by atoms with Crippen LogP contribution in [0.15, 0.2) is 51.8 Å². The number of hydrogen-bond donors (Lipinski definition) is 1. The van der Waals surface area contributed by atoms with Crippen LogP contribution in [0.3, 0.4) is 0 Å². The maximum atomic E-state index is 12.4.